The molecule has 2 aromatic carbocycles. The number of aromatic amines is 1. The lowest BCUT2D eigenvalue weighted by Crippen LogP contribution is -2.18. The van der Waals surface area contributed by atoms with Crippen molar-refractivity contribution in [3.05, 3.63) is 87.9 Å². The molecule has 0 aliphatic rings. The molecular formula is C24H24N8O4. The van der Waals surface area contributed by atoms with Gasteiger partial charge < -0.3 is 20.5 Å². The summed E-state index contributed by atoms with van der Waals surface area (Å²) in [6, 6.07) is 11.1. The van der Waals surface area contributed by atoms with Crippen LogP contribution in [0.3, 0.4) is 0 Å². The van der Waals surface area contributed by atoms with Gasteiger partial charge >= 0.3 is 5.69 Å². The molecular weight excluding hydrogens is 464 g/mol. The van der Waals surface area contributed by atoms with E-state index in [1.54, 1.807) is 42.5 Å². The first-order valence-electron chi connectivity index (χ1n) is 10.8. The fourth-order valence-electron chi connectivity index (χ4n) is 3.64. The Labute approximate surface area is 205 Å². The van der Waals surface area contributed by atoms with E-state index in [1.807, 2.05) is 0 Å². The molecule has 2 heterocycles. The molecule has 0 spiro atoms. The number of carbonyl (C=O) groups is 1. The monoisotopic (exact) mass is 488 g/mol. The number of Topliss-reactive ketones (excluding diaryl/α,β-unsaturated/α-hetero) is 1. The second-order valence-electron chi connectivity index (χ2n) is 7.70. The van der Waals surface area contributed by atoms with Crippen LogP contribution in [0.1, 0.15) is 40.3 Å². The number of aromatic nitrogens is 5. The Morgan fingerprint density at radius 3 is 2.42 bits per heavy atom. The quantitative estimate of drug-likeness (QED) is 0.156. The van der Waals surface area contributed by atoms with Crippen molar-refractivity contribution >= 4 is 17.3 Å². The smallest absolute Gasteiger partial charge is 0.350 e. The molecule has 0 amide bonds. The number of benzene rings is 2. The van der Waals surface area contributed by atoms with Crippen molar-refractivity contribution in [2.24, 2.45) is 5.73 Å². The van der Waals surface area contributed by atoms with Crippen LogP contribution in [0.5, 0.6) is 11.5 Å². The second-order valence-corrected chi connectivity index (χ2v) is 7.70. The highest BCUT2D eigenvalue weighted by molar-refractivity contribution is 5.98. The van der Waals surface area contributed by atoms with Gasteiger partial charge in [-0.25, -0.2) is 14.8 Å². The first-order chi connectivity index (χ1) is 17.3. The van der Waals surface area contributed by atoms with Gasteiger partial charge in [0.25, 0.3) is 5.95 Å². The minimum Gasteiger partial charge on any atom is -0.493 e. The molecule has 5 N–H and O–H groups in total. The zero-order valence-corrected chi connectivity index (χ0v) is 19.8. The summed E-state index contributed by atoms with van der Waals surface area (Å²) in [4.78, 5) is 36.1. The molecule has 4 rings (SSSR count). The van der Waals surface area contributed by atoms with Crippen molar-refractivity contribution in [2.45, 2.75) is 13.0 Å². The molecule has 0 aliphatic carbocycles. The Balaban J connectivity index is 1.87. The van der Waals surface area contributed by atoms with Gasteiger partial charge in [0.1, 0.15) is 11.9 Å². The van der Waals surface area contributed by atoms with Crippen molar-refractivity contribution in [1.82, 2.24) is 24.7 Å². The average molecular weight is 489 g/mol. The highest BCUT2D eigenvalue weighted by Gasteiger charge is 2.25. The zero-order chi connectivity index (χ0) is 25.8. The first-order valence-corrected chi connectivity index (χ1v) is 10.8. The minimum absolute atomic E-state index is 0.0602. The fraction of sp³-hybridized carbons (Fsp3) is 0.167. The summed E-state index contributed by atoms with van der Waals surface area (Å²) in [6.45, 7) is 1.42. The van der Waals surface area contributed by atoms with E-state index in [0.717, 1.165) is 4.68 Å². The molecule has 4 aromatic rings. The highest BCUT2D eigenvalue weighted by atomic mass is 16.5. The van der Waals surface area contributed by atoms with Gasteiger partial charge in [-0.2, -0.15) is 0 Å². The Kier molecular flexibility index (Phi) is 6.77. The predicted octanol–water partition coefficient (Wildman–Crippen LogP) is 2.06. The van der Waals surface area contributed by atoms with Gasteiger partial charge in [0.15, 0.2) is 23.1 Å². The fourth-order valence-corrected chi connectivity index (χ4v) is 3.64. The van der Waals surface area contributed by atoms with Crippen molar-refractivity contribution in [2.75, 3.05) is 19.5 Å². The third kappa shape index (κ3) is 4.78. The molecule has 0 fully saturated rings. The topological polar surface area (TPSA) is 174 Å². The number of hydrogen-bond acceptors (Lipinski definition) is 9. The highest BCUT2D eigenvalue weighted by Crippen LogP contribution is 2.37. The molecule has 184 valence electrons. The molecule has 0 bridgehead atoms. The lowest BCUT2D eigenvalue weighted by atomic mass is 9.99. The molecule has 1 atom stereocenters. The van der Waals surface area contributed by atoms with E-state index in [1.165, 1.54) is 33.5 Å². The van der Waals surface area contributed by atoms with Crippen molar-refractivity contribution < 1.29 is 14.3 Å². The van der Waals surface area contributed by atoms with Crippen molar-refractivity contribution in [3.8, 4) is 17.4 Å². The van der Waals surface area contributed by atoms with Crippen LogP contribution in [-0.4, -0.2) is 50.6 Å². The number of nitrogens with one attached hydrogen (secondary N) is 3. The van der Waals surface area contributed by atoms with Crippen LogP contribution in [0.15, 0.2) is 59.7 Å². The first kappa shape index (κ1) is 24.1. The Hall–Kier alpha value is -5.00. The van der Waals surface area contributed by atoms with Gasteiger partial charge in [0, 0.05) is 23.6 Å². The molecule has 0 saturated carbocycles. The third-order valence-corrected chi connectivity index (χ3v) is 5.37. The largest absolute Gasteiger partial charge is 0.493 e. The van der Waals surface area contributed by atoms with Gasteiger partial charge in [-0.05, 0) is 55.0 Å². The van der Waals surface area contributed by atoms with Crippen LogP contribution in [0.2, 0.25) is 0 Å². The maximum absolute atomic E-state index is 12.7. The lowest BCUT2D eigenvalue weighted by Gasteiger charge is -2.21. The van der Waals surface area contributed by atoms with E-state index < -0.39 is 11.7 Å². The van der Waals surface area contributed by atoms with Gasteiger partial charge in [0.05, 0.1) is 19.8 Å². The number of nitrogens with two attached hydrogens (primary N) is 1. The summed E-state index contributed by atoms with van der Waals surface area (Å²) in [5, 5.41) is 15.3. The van der Waals surface area contributed by atoms with Gasteiger partial charge in [-0.1, -0.05) is 0 Å². The predicted molar refractivity (Wildman–Crippen MR) is 132 cm³/mol. The summed E-state index contributed by atoms with van der Waals surface area (Å²) in [6.07, 6.45) is 3.01. The average Bonchev–Trinajstić information content (AvgIpc) is 3.28. The Morgan fingerprint density at radius 1 is 1.14 bits per heavy atom. The van der Waals surface area contributed by atoms with E-state index in [9.17, 15) is 9.59 Å². The summed E-state index contributed by atoms with van der Waals surface area (Å²) in [5.74, 6) is 0.696. The summed E-state index contributed by atoms with van der Waals surface area (Å²) in [7, 11) is 2.92. The number of ketones is 1. The number of rotatable bonds is 9. The number of anilines is 1. The number of hydrogen-bond donors (Lipinski definition) is 4. The van der Waals surface area contributed by atoms with E-state index in [4.69, 9.17) is 20.6 Å². The summed E-state index contributed by atoms with van der Waals surface area (Å²) < 4.78 is 11.9. The van der Waals surface area contributed by atoms with E-state index in [0.29, 0.717) is 33.9 Å². The maximum atomic E-state index is 12.7. The maximum Gasteiger partial charge on any atom is 0.350 e. The number of nitrogens with zero attached hydrogens (tertiary/aromatic N) is 4. The number of nitrogen functional groups attached to an aromatic ring is 1. The second kappa shape index (κ2) is 10.1. The van der Waals surface area contributed by atoms with Gasteiger partial charge in [-0.15, -0.1) is 9.78 Å². The van der Waals surface area contributed by atoms with Crippen LogP contribution in [0.25, 0.3) is 5.95 Å². The molecule has 0 saturated heterocycles. The standard InChI is InChI=1S/C24H24N8O4/c1-13(33)17-11-15(12-18(35-2)20(17)36-3)19(29-16-7-5-14(6-8-16)21(25)26)22-30-24(34)32(31-22)23-27-9-4-10-28-23/h4-12,19,29H,1-3H3,(H3,25,26)(H,30,31,34). The number of ether oxygens (including phenoxy) is 2. The Bertz CT molecular complexity index is 1460. The molecule has 36 heavy (non-hydrogen) atoms. The molecule has 0 aliphatic heterocycles. The van der Waals surface area contributed by atoms with Crippen LogP contribution < -0.4 is 26.2 Å². The van der Waals surface area contributed by atoms with Crippen LogP contribution in [0.4, 0.5) is 5.69 Å². The molecule has 12 heteroatoms. The normalized spacial score (nSPS) is 11.5. The van der Waals surface area contributed by atoms with E-state index in [2.05, 4.69) is 25.4 Å². The molecule has 12 nitrogen and oxygen atoms in total. The van der Waals surface area contributed by atoms with E-state index >= 15 is 0 Å². The number of methoxy groups -OCH3 is 2. The molecule has 2 aromatic heterocycles. The van der Waals surface area contributed by atoms with Crippen LogP contribution in [0, 0.1) is 5.41 Å². The SMILES string of the molecule is COc1cc(C(Nc2ccc(C(=N)N)cc2)c2nn(-c3ncccn3)c(=O)[nH]2)cc(C(C)=O)c1OC. The minimum atomic E-state index is -0.733. The number of carbonyl (C=O) groups excluding carboxylic acids is 1. The van der Waals surface area contributed by atoms with Crippen molar-refractivity contribution in [1.29, 1.82) is 5.41 Å². The molecule has 1 unspecified atom stereocenters. The summed E-state index contributed by atoms with van der Waals surface area (Å²) in [5.41, 5.74) is 7.11. The van der Waals surface area contributed by atoms with E-state index in [-0.39, 0.29) is 23.4 Å². The summed E-state index contributed by atoms with van der Waals surface area (Å²) >= 11 is 0. The Morgan fingerprint density at radius 2 is 1.83 bits per heavy atom. The van der Waals surface area contributed by atoms with Gasteiger partial charge in [-0.3, -0.25) is 15.2 Å². The lowest BCUT2D eigenvalue weighted by molar-refractivity contribution is 0.101. The number of H-pyrrole nitrogens is 1. The van der Waals surface area contributed by atoms with Gasteiger partial charge in [0.2, 0.25) is 0 Å². The number of amidine groups is 1. The zero-order valence-electron chi connectivity index (χ0n) is 19.8. The third-order valence-electron chi connectivity index (χ3n) is 5.37. The van der Waals surface area contributed by atoms with Crippen molar-refractivity contribution in [3.63, 3.8) is 0 Å². The van der Waals surface area contributed by atoms with Crippen LogP contribution in [-0.2, 0) is 0 Å². The van der Waals surface area contributed by atoms with Crippen LogP contribution >= 0.6 is 0 Å². The molecule has 0 radical (unpaired) electrons.